The number of urea groups is 1. The van der Waals surface area contributed by atoms with Gasteiger partial charge in [-0.2, -0.15) is 0 Å². The lowest BCUT2D eigenvalue weighted by Gasteiger charge is -2.35. The number of piperazine rings is 1. The summed E-state index contributed by atoms with van der Waals surface area (Å²) in [5, 5.41) is 2.86. The van der Waals surface area contributed by atoms with Crippen molar-refractivity contribution in [3.05, 3.63) is 24.2 Å². The molecule has 29 heavy (non-hydrogen) atoms. The largest absolute Gasteiger partial charge is 0.459 e. The average Bonchev–Trinajstić information content (AvgIpc) is 3.26. The van der Waals surface area contributed by atoms with Gasteiger partial charge in [0, 0.05) is 26.2 Å². The van der Waals surface area contributed by atoms with Crippen LogP contribution in [0.2, 0.25) is 0 Å². The third kappa shape index (κ3) is 3.73. The molecule has 3 heterocycles. The topological polar surface area (TPSA) is 103 Å². The van der Waals surface area contributed by atoms with Gasteiger partial charge in [0.05, 0.1) is 6.26 Å². The number of hydrogen-bond donors (Lipinski definition) is 1. The Kier molecular flexibility index (Phi) is 5.29. The molecule has 9 nitrogen and oxygen atoms in total. The van der Waals surface area contributed by atoms with Gasteiger partial charge in [0.1, 0.15) is 12.1 Å². The Hall–Kier alpha value is -2.84. The summed E-state index contributed by atoms with van der Waals surface area (Å²) in [6, 6.07) is 2.80. The highest BCUT2D eigenvalue weighted by Gasteiger charge is 2.51. The fraction of sp³-hybridized carbons (Fsp3) is 0.600. The molecule has 1 saturated carbocycles. The first-order valence-corrected chi connectivity index (χ1v) is 10.2. The van der Waals surface area contributed by atoms with Gasteiger partial charge in [0.2, 0.25) is 5.91 Å². The molecule has 9 heteroatoms. The number of carbonyl (C=O) groups excluding carboxylic acids is 4. The van der Waals surface area contributed by atoms with Crippen LogP contribution in [0, 0.1) is 0 Å². The highest BCUT2D eigenvalue weighted by molar-refractivity contribution is 6.09. The summed E-state index contributed by atoms with van der Waals surface area (Å²) in [7, 11) is 0. The number of nitrogens with one attached hydrogen (secondary N) is 1. The molecule has 0 aromatic carbocycles. The van der Waals surface area contributed by atoms with Crippen LogP contribution in [0.1, 0.15) is 49.1 Å². The van der Waals surface area contributed by atoms with Gasteiger partial charge < -0.3 is 19.5 Å². The van der Waals surface area contributed by atoms with Crippen LogP contribution in [-0.2, 0) is 9.59 Å². The van der Waals surface area contributed by atoms with Crippen LogP contribution < -0.4 is 5.32 Å². The lowest BCUT2D eigenvalue weighted by atomic mass is 9.90. The van der Waals surface area contributed by atoms with E-state index in [0.29, 0.717) is 39.0 Å². The predicted octanol–water partition coefficient (Wildman–Crippen LogP) is 1.21. The Balaban J connectivity index is 1.33. The van der Waals surface area contributed by atoms with Crippen LogP contribution in [-0.4, -0.2) is 76.7 Å². The maximum absolute atomic E-state index is 12.9. The van der Waals surface area contributed by atoms with E-state index in [1.807, 2.05) is 0 Å². The molecule has 156 valence electrons. The second kappa shape index (κ2) is 7.88. The van der Waals surface area contributed by atoms with E-state index in [1.54, 1.807) is 21.9 Å². The van der Waals surface area contributed by atoms with Crippen molar-refractivity contribution in [3.8, 4) is 0 Å². The monoisotopic (exact) mass is 402 g/mol. The second-order valence-corrected chi connectivity index (χ2v) is 7.97. The second-order valence-electron chi connectivity index (χ2n) is 7.97. The summed E-state index contributed by atoms with van der Waals surface area (Å²) >= 11 is 0. The van der Waals surface area contributed by atoms with E-state index in [-0.39, 0.29) is 30.0 Å². The van der Waals surface area contributed by atoms with Crippen LogP contribution in [0.15, 0.2) is 22.8 Å². The average molecular weight is 402 g/mol. The van der Waals surface area contributed by atoms with Crippen molar-refractivity contribution >= 4 is 23.8 Å². The van der Waals surface area contributed by atoms with Crippen molar-refractivity contribution in [3.63, 3.8) is 0 Å². The van der Waals surface area contributed by atoms with E-state index in [4.69, 9.17) is 4.42 Å². The third-order valence-corrected chi connectivity index (χ3v) is 6.15. The molecular weight excluding hydrogens is 376 g/mol. The molecule has 1 aliphatic carbocycles. The quantitative estimate of drug-likeness (QED) is 0.766. The SMILES string of the molecule is O=C(CN1C(=O)NC2(CCCCCC2)C1=O)N1CCN(C(=O)c2ccco2)CC1. The first kappa shape index (κ1) is 19.5. The molecule has 0 bridgehead atoms. The van der Waals surface area contributed by atoms with Crippen LogP contribution >= 0.6 is 0 Å². The van der Waals surface area contributed by atoms with Gasteiger partial charge >= 0.3 is 6.03 Å². The van der Waals surface area contributed by atoms with Crippen molar-refractivity contribution in [2.24, 2.45) is 0 Å². The Morgan fingerprint density at radius 1 is 1.00 bits per heavy atom. The molecular formula is C20H26N4O5. The molecule has 4 rings (SSSR count). The number of hydrogen-bond acceptors (Lipinski definition) is 5. The molecule has 0 atom stereocenters. The third-order valence-electron chi connectivity index (χ3n) is 6.15. The lowest BCUT2D eigenvalue weighted by molar-refractivity contribution is -0.140. The maximum Gasteiger partial charge on any atom is 0.325 e. The highest BCUT2D eigenvalue weighted by Crippen LogP contribution is 2.32. The Morgan fingerprint density at radius 3 is 2.28 bits per heavy atom. The van der Waals surface area contributed by atoms with Crippen LogP contribution in [0.5, 0.6) is 0 Å². The molecule has 1 N–H and O–H groups in total. The zero-order chi connectivity index (χ0) is 20.4. The maximum atomic E-state index is 12.9. The standard InChI is InChI=1S/C20H26N4O5/c25-16(22-9-11-23(12-10-22)17(26)15-6-5-13-29-15)14-24-18(27)20(21-19(24)28)7-3-1-2-4-8-20/h5-6,13H,1-4,7-12,14H2,(H,21,28). The Morgan fingerprint density at radius 2 is 1.66 bits per heavy atom. The highest BCUT2D eigenvalue weighted by atomic mass is 16.3. The number of nitrogens with zero attached hydrogens (tertiary/aromatic N) is 3. The normalized spacial score (nSPS) is 22.0. The van der Waals surface area contributed by atoms with Crippen molar-refractivity contribution in [1.29, 1.82) is 0 Å². The number of amides is 5. The minimum atomic E-state index is -0.831. The van der Waals surface area contributed by atoms with Crippen LogP contribution in [0.4, 0.5) is 4.79 Å². The number of imide groups is 1. The summed E-state index contributed by atoms with van der Waals surface area (Å²) in [4.78, 5) is 54.7. The zero-order valence-corrected chi connectivity index (χ0v) is 16.4. The van der Waals surface area contributed by atoms with Crippen molar-refractivity contribution < 1.29 is 23.6 Å². The minimum Gasteiger partial charge on any atom is -0.459 e. The molecule has 0 radical (unpaired) electrons. The zero-order valence-electron chi connectivity index (χ0n) is 16.4. The first-order chi connectivity index (χ1) is 14.0. The lowest BCUT2D eigenvalue weighted by Crippen LogP contribution is -2.53. The summed E-state index contributed by atoms with van der Waals surface area (Å²) in [5.74, 6) is -0.474. The van der Waals surface area contributed by atoms with Crippen molar-refractivity contribution in [2.45, 2.75) is 44.1 Å². The molecule has 1 aromatic rings. The van der Waals surface area contributed by atoms with Crippen molar-refractivity contribution in [1.82, 2.24) is 20.0 Å². The Bertz CT molecular complexity index is 790. The van der Waals surface area contributed by atoms with Crippen LogP contribution in [0.25, 0.3) is 0 Å². The molecule has 0 unspecified atom stereocenters. The molecule has 1 spiro atoms. The fourth-order valence-corrected chi connectivity index (χ4v) is 4.44. The molecule has 3 fully saturated rings. The van der Waals surface area contributed by atoms with Gasteiger partial charge in [-0.1, -0.05) is 25.7 Å². The summed E-state index contributed by atoms with van der Waals surface area (Å²) in [6.45, 7) is 1.24. The van der Waals surface area contributed by atoms with E-state index in [2.05, 4.69) is 5.32 Å². The Labute approximate surface area is 169 Å². The molecule has 1 aromatic heterocycles. The van der Waals surface area contributed by atoms with Gasteiger partial charge in [-0.3, -0.25) is 19.3 Å². The summed E-state index contributed by atoms with van der Waals surface area (Å²) in [5.41, 5.74) is -0.831. The summed E-state index contributed by atoms with van der Waals surface area (Å²) < 4.78 is 5.14. The number of rotatable bonds is 3. The van der Waals surface area contributed by atoms with E-state index in [9.17, 15) is 19.2 Å². The first-order valence-electron chi connectivity index (χ1n) is 10.2. The van der Waals surface area contributed by atoms with E-state index >= 15 is 0 Å². The summed E-state index contributed by atoms with van der Waals surface area (Å²) in [6.07, 6.45) is 6.65. The van der Waals surface area contributed by atoms with Gasteiger partial charge in [0.25, 0.3) is 11.8 Å². The van der Waals surface area contributed by atoms with E-state index in [1.165, 1.54) is 6.26 Å². The molecule has 2 saturated heterocycles. The fourth-order valence-electron chi connectivity index (χ4n) is 4.44. The predicted molar refractivity (Wildman–Crippen MR) is 102 cm³/mol. The number of furan rings is 1. The molecule has 5 amide bonds. The smallest absolute Gasteiger partial charge is 0.325 e. The van der Waals surface area contributed by atoms with E-state index < -0.39 is 11.6 Å². The van der Waals surface area contributed by atoms with Gasteiger partial charge in [0.15, 0.2) is 5.76 Å². The van der Waals surface area contributed by atoms with Gasteiger partial charge in [-0.15, -0.1) is 0 Å². The minimum absolute atomic E-state index is 0.202. The van der Waals surface area contributed by atoms with E-state index in [0.717, 1.165) is 30.6 Å². The molecule has 3 aliphatic rings. The number of carbonyl (C=O) groups is 4. The van der Waals surface area contributed by atoms with Crippen LogP contribution in [0.3, 0.4) is 0 Å². The van der Waals surface area contributed by atoms with Gasteiger partial charge in [-0.05, 0) is 25.0 Å². The van der Waals surface area contributed by atoms with Crippen molar-refractivity contribution in [2.75, 3.05) is 32.7 Å². The molecule has 2 aliphatic heterocycles. The van der Waals surface area contributed by atoms with Gasteiger partial charge in [-0.25, -0.2) is 4.79 Å².